The largest absolute Gasteiger partial charge is 0.303 e. The van der Waals surface area contributed by atoms with Crippen LogP contribution in [0.2, 0.25) is 0 Å². The second-order valence-electron chi connectivity index (χ2n) is 4.37. The topological polar surface area (TPSA) is 3.24 Å². The SMILES string of the molecule is CC(C)(C)CN1C[CH]CC1. The van der Waals surface area contributed by atoms with Crippen LogP contribution in [-0.4, -0.2) is 24.5 Å². The average molecular weight is 140 g/mol. The van der Waals surface area contributed by atoms with Gasteiger partial charge >= 0.3 is 0 Å². The standard InChI is InChI=1S/C9H18N/c1-9(2,3)8-10-6-4-5-7-10/h4H,5-8H2,1-3H3. The second-order valence-corrected chi connectivity index (χ2v) is 4.37. The summed E-state index contributed by atoms with van der Waals surface area (Å²) in [4.78, 5) is 2.51. The Morgan fingerprint density at radius 1 is 1.40 bits per heavy atom. The van der Waals surface area contributed by atoms with E-state index in [0.717, 1.165) is 0 Å². The van der Waals surface area contributed by atoms with Gasteiger partial charge in [0.15, 0.2) is 0 Å². The summed E-state index contributed by atoms with van der Waals surface area (Å²) in [6, 6.07) is 0. The van der Waals surface area contributed by atoms with Gasteiger partial charge in [-0.3, -0.25) is 0 Å². The molecule has 0 aromatic carbocycles. The summed E-state index contributed by atoms with van der Waals surface area (Å²) >= 11 is 0. The molecule has 1 radical (unpaired) electrons. The highest BCUT2D eigenvalue weighted by molar-refractivity contribution is 4.83. The molecule has 0 saturated carbocycles. The molecule has 0 aromatic heterocycles. The van der Waals surface area contributed by atoms with Crippen LogP contribution >= 0.6 is 0 Å². The maximum Gasteiger partial charge on any atom is 0.00302 e. The Morgan fingerprint density at radius 2 is 2.10 bits per heavy atom. The van der Waals surface area contributed by atoms with E-state index in [1.54, 1.807) is 0 Å². The van der Waals surface area contributed by atoms with Crippen molar-refractivity contribution in [3.63, 3.8) is 0 Å². The van der Waals surface area contributed by atoms with Gasteiger partial charge in [0.2, 0.25) is 0 Å². The van der Waals surface area contributed by atoms with Crippen LogP contribution in [0.1, 0.15) is 27.2 Å². The first kappa shape index (κ1) is 8.06. The first-order valence-corrected chi connectivity index (χ1v) is 4.12. The summed E-state index contributed by atoms with van der Waals surface area (Å²) in [5, 5.41) is 0. The zero-order valence-corrected chi connectivity index (χ0v) is 7.35. The van der Waals surface area contributed by atoms with E-state index in [1.807, 2.05) is 0 Å². The van der Waals surface area contributed by atoms with Gasteiger partial charge in [0.25, 0.3) is 0 Å². The predicted octanol–water partition coefficient (Wildman–Crippen LogP) is 1.94. The van der Waals surface area contributed by atoms with E-state index in [0.29, 0.717) is 5.41 Å². The Morgan fingerprint density at radius 3 is 2.50 bits per heavy atom. The van der Waals surface area contributed by atoms with E-state index in [4.69, 9.17) is 0 Å². The first-order chi connectivity index (χ1) is 4.58. The average Bonchev–Trinajstić information content (AvgIpc) is 2.12. The van der Waals surface area contributed by atoms with Gasteiger partial charge in [-0.05, 0) is 24.8 Å². The van der Waals surface area contributed by atoms with Gasteiger partial charge in [-0.15, -0.1) is 0 Å². The van der Waals surface area contributed by atoms with Gasteiger partial charge in [0, 0.05) is 13.1 Å². The predicted molar refractivity (Wildman–Crippen MR) is 44.8 cm³/mol. The van der Waals surface area contributed by atoms with Crippen LogP contribution in [0.5, 0.6) is 0 Å². The van der Waals surface area contributed by atoms with Crippen molar-refractivity contribution in [2.24, 2.45) is 5.41 Å². The quantitative estimate of drug-likeness (QED) is 0.538. The Bertz CT molecular complexity index is 95.8. The van der Waals surface area contributed by atoms with Gasteiger partial charge in [-0.2, -0.15) is 0 Å². The van der Waals surface area contributed by atoms with Crippen LogP contribution in [0.4, 0.5) is 0 Å². The number of likely N-dealkylation sites (tertiary alicyclic amines) is 1. The van der Waals surface area contributed by atoms with Crippen molar-refractivity contribution in [2.75, 3.05) is 19.6 Å². The summed E-state index contributed by atoms with van der Waals surface area (Å²) in [5.74, 6) is 0. The maximum atomic E-state index is 2.51. The molecule has 0 atom stereocenters. The minimum absolute atomic E-state index is 0.470. The van der Waals surface area contributed by atoms with E-state index in [9.17, 15) is 0 Å². The van der Waals surface area contributed by atoms with Crippen LogP contribution < -0.4 is 0 Å². The van der Waals surface area contributed by atoms with Crippen molar-refractivity contribution < 1.29 is 0 Å². The molecular formula is C9H18N. The van der Waals surface area contributed by atoms with E-state index in [1.165, 1.54) is 26.1 Å². The van der Waals surface area contributed by atoms with Gasteiger partial charge in [-0.25, -0.2) is 0 Å². The zero-order valence-electron chi connectivity index (χ0n) is 7.35. The fourth-order valence-corrected chi connectivity index (χ4v) is 1.45. The maximum absolute atomic E-state index is 2.51. The molecule has 10 heavy (non-hydrogen) atoms. The Labute approximate surface area is 64.4 Å². The van der Waals surface area contributed by atoms with Crippen molar-refractivity contribution in [1.82, 2.24) is 4.90 Å². The van der Waals surface area contributed by atoms with E-state index < -0.39 is 0 Å². The molecule has 1 nitrogen and oxygen atoms in total. The fourth-order valence-electron chi connectivity index (χ4n) is 1.45. The third-order valence-electron chi connectivity index (χ3n) is 1.73. The van der Waals surface area contributed by atoms with Gasteiger partial charge in [0.05, 0.1) is 0 Å². The Balaban J connectivity index is 2.24. The summed E-state index contributed by atoms with van der Waals surface area (Å²) in [6.45, 7) is 10.6. The molecule has 0 N–H and O–H groups in total. The second kappa shape index (κ2) is 2.91. The van der Waals surface area contributed by atoms with Crippen LogP contribution in [0.25, 0.3) is 0 Å². The summed E-state index contributed by atoms with van der Waals surface area (Å²) in [7, 11) is 0. The normalized spacial score (nSPS) is 21.9. The molecule has 1 saturated heterocycles. The van der Waals surface area contributed by atoms with Crippen molar-refractivity contribution in [3.8, 4) is 0 Å². The molecule has 0 aromatic rings. The molecule has 1 heterocycles. The molecule has 1 fully saturated rings. The molecule has 1 rings (SSSR count). The smallest absolute Gasteiger partial charge is 0.00302 e. The molecule has 0 bridgehead atoms. The molecule has 1 aliphatic rings. The minimum atomic E-state index is 0.470. The van der Waals surface area contributed by atoms with Gasteiger partial charge in [-0.1, -0.05) is 20.8 Å². The lowest BCUT2D eigenvalue weighted by Gasteiger charge is -2.25. The van der Waals surface area contributed by atoms with Crippen LogP contribution in [0.3, 0.4) is 0 Å². The first-order valence-electron chi connectivity index (χ1n) is 4.12. The van der Waals surface area contributed by atoms with Gasteiger partial charge < -0.3 is 4.90 Å². The monoisotopic (exact) mass is 140 g/mol. The van der Waals surface area contributed by atoms with E-state index in [2.05, 4.69) is 32.1 Å². The number of hydrogen-bond acceptors (Lipinski definition) is 1. The van der Waals surface area contributed by atoms with E-state index >= 15 is 0 Å². The number of rotatable bonds is 1. The molecule has 1 heteroatoms. The molecule has 0 aliphatic carbocycles. The highest BCUT2D eigenvalue weighted by atomic mass is 15.1. The van der Waals surface area contributed by atoms with Crippen molar-refractivity contribution in [1.29, 1.82) is 0 Å². The van der Waals surface area contributed by atoms with Crippen molar-refractivity contribution >= 4 is 0 Å². The lowest BCUT2D eigenvalue weighted by atomic mass is 9.96. The molecule has 0 spiro atoms. The summed E-state index contributed by atoms with van der Waals surface area (Å²) in [5.41, 5.74) is 0.470. The molecule has 1 aliphatic heterocycles. The Kier molecular flexibility index (Phi) is 2.35. The summed E-state index contributed by atoms with van der Waals surface area (Å²) < 4.78 is 0. The Hall–Kier alpha value is -0.0400. The van der Waals surface area contributed by atoms with Crippen molar-refractivity contribution in [2.45, 2.75) is 27.2 Å². The minimum Gasteiger partial charge on any atom is -0.303 e. The highest BCUT2D eigenvalue weighted by Crippen LogP contribution is 2.18. The number of nitrogens with zero attached hydrogens (tertiary/aromatic N) is 1. The lowest BCUT2D eigenvalue weighted by molar-refractivity contribution is 0.230. The van der Waals surface area contributed by atoms with E-state index in [-0.39, 0.29) is 0 Å². The van der Waals surface area contributed by atoms with Crippen molar-refractivity contribution in [3.05, 3.63) is 6.42 Å². The third-order valence-corrected chi connectivity index (χ3v) is 1.73. The highest BCUT2D eigenvalue weighted by Gasteiger charge is 2.18. The molecular weight excluding hydrogens is 122 g/mol. The molecule has 0 unspecified atom stereocenters. The van der Waals surface area contributed by atoms with Gasteiger partial charge in [0.1, 0.15) is 0 Å². The zero-order chi connectivity index (χ0) is 7.61. The summed E-state index contributed by atoms with van der Waals surface area (Å²) in [6.07, 6.45) is 3.65. The third kappa shape index (κ3) is 2.70. The van der Waals surface area contributed by atoms with Crippen LogP contribution in [-0.2, 0) is 0 Å². The molecule has 59 valence electrons. The number of hydrogen-bond donors (Lipinski definition) is 0. The van der Waals surface area contributed by atoms with Crippen LogP contribution in [0, 0.1) is 11.8 Å². The fraction of sp³-hybridized carbons (Fsp3) is 0.889. The lowest BCUT2D eigenvalue weighted by Crippen LogP contribution is -2.29. The van der Waals surface area contributed by atoms with Crippen LogP contribution in [0.15, 0.2) is 0 Å². The molecule has 0 amide bonds.